The molecule has 5 rings (SSSR count). The van der Waals surface area contributed by atoms with Gasteiger partial charge in [0.25, 0.3) is 0 Å². The van der Waals surface area contributed by atoms with Crippen LogP contribution in [0, 0.1) is 17.6 Å². The lowest BCUT2D eigenvalue weighted by Crippen LogP contribution is -2.30. The molecule has 3 nitrogen and oxygen atoms in total. The maximum absolute atomic E-state index is 15.5. The van der Waals surface area contributed by atoms with Gasteiger partial charge in [-0.15, -0.1) is 0 Å². The normalized spacial score (nSPS) is 23.6. The first-order chi connectivity index (χ1) is 14.7. The zero-order chi connectivity index (χ0) is 20.7. The second kappa shape index (κ2) is 8.18. The van der Waals surface area contributed by atoms with Crippen molar-refractivity contribution in [1.82, 2.24) is 0 Å². The van der Waals surface area contributed by atoms with Gasteiger partial charge in [-0.1, -0.05) is 25.0 Å². The minimum Gasteiger partial charge on any atom is -0.491 e. The lowest BCUT2D eigenvalue weighted by molar-refractivity contribution is -0.0299. The van der Waals surface area contributed by atoms with E-state index in [1.807, 2.05) is 12.1 Å². The molecule has 0 radical (unpaired) electrons. The standard InChI is InChI=1S/C25H28F2O3/c1-2-28-22-12-10-19-18-9-8-17(23(26)20(18)14-30-25(19)24(22)27)16-7-11-21(29-13-16)15-5-3-4-6-15/h8-10,12,15-16,21H,2-7,11,13-14H2,1H3. The Bertz CT molecular complexity index is 928. The van der Waals surface area contributed by atoms with Gasteiger partial charge >= 0.3 is 0 Å². The summed E-state index contributed by atoms with van der Waals surface area (Å²) in [7, 11) is 0. The van der Waals surface area contributed by atoms with Crippen LogP contribution in [0.1, 0.15) is 62.5 Å². The summed E-state index contributed by atoms with van der Waals surface area (Å²) < 4.78 is 47.3. The molecule has 2 unspecified atom stereocenters. The van der Waals surface area contributed by atoms with Gasteiger partial charge in [-0.25, -0.2) is 4.39 Å². The van der Waals surface area contributed by atoms with Crippen LogP contribution in [0.15, 0.2) is 24.3 Å². The Kier molecular flexibility index (Phi) is 5.40. The van der Waals surface area contributed by atoms with Gasteiger partial charge in [-0.3, -0.25) is 0 Å². The van der Waals surface area contributed by atoms with E-state index in [-0.39, 0.29) is 29.8 Å². The molecule has 0 amide bonds. The third kappa shape index (κ3) is 3.37. The van der Waals surface area contributed by atoms with Crippen LogP contribution in [-0.4, -0.2) is 19.3 Å². The monoisotopic (exact) mass is 414 g/mol. The summed E-state index contributed by atoms with van der Waals surface area (Å²) >= 11 is 0. The molecule has 0 N–H and O–H groups in total. The van der Waals surface area contributed by atoms with E-state index in [1.54, 1.807) is 19.1 Å². The lowest BCUT2D eigenvalue weighted by Gasteiger charge is -2.33. The van der Waals surface area contributed by atoms with Gasteiger partial charge in [0.05, 0.1) is 19.3 Å². The topological polar surface area (TPSA) is 27.7 Å². The Balaban J connectivity index is 1.39. The van der Waals surface area contributed by atoms with Crippen LogP contribution in [-0.2, 0) is 11.3 Å². The van der Waals surface area contributed by atoms with E-state index in [1.165, 1.54) is 25.7 Å². The number of halogens is 2. The maximum atomic E-state index is 15.5. The van der Waals surface area contributed by atoms with Gasteiger partial charge in [0.1, 0.15) is 12.4 Å². The van der Waals surface area contributed by atoms with Crippen molar-refractivity contribution >= 4 is 0 Å². The predicted octanol–water partition coefficient (Wildman–Crippen LogP) is 6.38. The summed E-state index contributed by atoms with van der Waals surface area (Å²) in [5, 5.41) is 0. The van der Waals surface area contributed by atoms with E-state index in [0.29, 0.717) is 47.5 Å². The second-order valence-corrected chi connectivity index (χ2v) is 8.66. The molecule has 3 aliphatic rings. The van der Waals surface area contributed by atoms with Crippen molar-refractivity contribution in [3.05, 3.63) is 47.0 Å². The molecule has 0 spiro atoms. The molecule has 0 bridgehead atoms. The van der Waals surface area contributed by atoms with E-state index in [9.17, 15) is 4.39 Å². The number of rotatable bonds is 4. The Morgan fingerprint density at radius 3 is 2.50 bits per heavy atom. The Hall–Kier alpha value is -2.14. The molecule has 2 heterocycles. The van der Waals surface area contributed by atoms with Gasteiger partial charge in [0.15, 0.2) is 11.5 Å². The number of benzene rings is 2. The maximum Gasteiger partial charge on any atom is 0.207 e. The highest BCUT2D eigenvalue weighted by molar-refractivity contribution is 5.77. The molecule has 2 aliphatic heterocycles. The van der Waals surface area contributed by atoms with Crippen LogP contribution < -0.4 is 9.47 Å². The molecule has 2 atom stereocenters. The zero-order valence-electron chi connectivity index (χ0n) is 17.4. The largest absolute Gasteiger partial charge is 0.491 e. The first kappa shape index (κ1) is 19.8. The SMILES string of the molecule is CCOc1ccc2c(c1F)OCc1c-2ccc(C2CCC(C3CCCC3)OC2)c1F. The highest BCUT2D eigenvalue weighted by atomic mass is 19.1. The molecule has 160 valence electrons. The molecule has 30 heavy (non-hydrogen) atoms. The van der Waals surface area contributed by atoms with Crippen molar-refractivity contribution in [3.63, 3.8) is 0 Å². The highest BCUT2D eigenvalue weighted by Crippen LogP contribution is 2.45. The van der Waals surface area contributed by atoms with Crippen LogP contribution >= 0.6 is 0 Å². The van der Waals surface area contributed by atoms with Crippen molar-refractivity contribution in [1.29, 1.82) is 0 Å². The van der Waals surface area contributed by atoms with Gasteiger partial charge in [0, 0.05) is 17.0 Å². The fourth-order valence-electron chi connectivity index (χ4n) is 5.37. The third-order valence-electron chi connectivity index (χ3n) is 6.96. The predicted molar refractivity (Wildman–Crippen MR) is 111 cm³/mol. The van der Waals surface area contributed by atoms with Gasteiger partial charge in [0.2, 0.25) is 5.82 Å². The highest BCUT2D eigenvalue weighted by Gasteiger charge is 2.33. The smallest absolute Gasteiger partial charge is 0.207 e. The molecule has 2 aromatic carbocycles. The first-order valence-corrected chi connectivity index (χ1v) is 11.2. The van der Waals surface area contributed by atoms with Gasteiger partial charge in [-0.2, -0.15) is 4.39 Å². The van der Waals surface area contributed by atoms with Crippen LogP contribution in [0.2, 0.25) is 0 Å². The van der Waals surface area contributed by atoms with Crippen LogP contribution in [0.4, 0.5) is 8.78 Å². The van der Waals surface area contributed by atoms with Crippen LogP contribution in [0.3, 0.4) is 0 Å². The minimum absolute atomic E-state index is 0.0206. The van der Waals surface area contributed by atoms with Crippen molar-refractivity contribution in [2.45, 2.75) is 64.1 Å². The summed E-state index contributed by atoms with van der Waals surface area (Å²) in [4.78, 5) is 0. The summed E-state index contributed by atoms with van der Waals surface area (Å²) in [6.45, 7) is 2.76. The van der Waals surface area contributed by atoms with Crippen LogP contribution in [0.25, 0.3) is 11.1 Å². The van der Waals surface area contributed by atoms with E-state index >= 15 is 4.39 Å². The Morgan fingerprint density at radius 2 is 1.77 bits per heavy atom. The minimum atomic E-state index is -0.525. The molecular formula is C25H28F2O3. The molecule has 1 aliphatic carbocycles. The van der Waals surface area contributed by atoms with E-state index in [4.69, 9.17) is 14.2 Å². The van der Waals surface area contributed by atoms with E-state index in [0.717, 1.165) is 12.8 Å². The molecule has 1 saturated heterocycles. The van der Waals surface area contributed by atoms with Crippen molar-refractivity contribution in [2.24, 2.45) is 5.92 Å². The molecular weight excluding hydrogens is 386 g/mol. The van der Waals surface area contributed by atoms with Crippen molar-refractivity contribution in [3.8, 4) is 22.6 Å². The number of hydrogen-bond acceptors (Lipinski definition) is 3. The van der Waals surface area contributed by atoms with Gasteiger partial charge < -0.3 is 14.2 Å². The molecule has 2 aromatic rings. The fraction of sp³-hybridized carbons (Fsp3) is 0.520. The Labute approximate surface area is 176 Å². The quantitative estimate of drug-likeness (QED) is 0.581. The number of hydrogen-bond donors (Lipinski definition) is 0. The average Bonchev–Trinajstić information content (AvgIpc) is 3.31. The van der Waals surface area contributed by atoms with Crippen molar-refractivity contribution < 1.29 is 23.0 Å². The summed E-state index contributed by atoms with van der Waals surface area (Å²) in [5.74, 6) is 0.282. The molecule has 2 fully saturated rings. The zero-order valence-corrected chi connectivity index (χ0v) is 17.4. The second-order valence-electron chi connectivity index (χ2n) is 8.66. The number of ether oxygens (including phenoxy) is 3. The molecule has 1 saturated carbocycles. The van der Waals surface area contributed by atoms with Crippen molar-refractivity contribution in [2.75, 3.05) is 13.2 Å². The van der Waals surface area contributed by atoms with Gasteiger partial charge in [-0.05, 0) is 61.8 Å². The van der Waals surface area contributed by atoms with Crippen LogP contribution in [0.5, 0.6) is 11.5 Å². The summed E-state index contributed by atoms with van der Waals surface area (Å²) in [6, 6.07) is 7.08. The summed E-state index contributed by atoms with van der Waals surface area (Å²) in [5.41, 5.74) is 2.46. The lowest BCUT2D eigenvalue weighted by atomic mass is 9.84. The Morgan fingerprint density at radius 1 is 0.967 bits per heavy atom. The fourth-order valence-corrected chi connectivity index (χ4v) is 5.37. The van der Waals surface area contributed by atoms with E-state index < -0.39 is 5.82 Å². The third-order valence-corrected chi connectivity index (χ3v) is 6.96. The molecule has 5 heteroatoms. The molecule has 0 aromatic heterocycles. The number of fused-ring (bicyclic) bond motifs is 3. The first-order valence-electron chi connectivity index (χ1n) is 11.2. The average molecular weight is 414 g/mol. The van der Waals surface area contributed by atoms with E-state index in [2.05, 4.69) is 0 Å². The summed E-state index contributed by atoms with van der Waals surface area (Å²) in [6.07, 6.45) is 7.42.